The minimum atomic E-state index is -0.325. The number of fused-ring (bicyclic) bond motifs is 1. The highest BCUT2D eigenvalue weighted by Gasteiger charge is 2.19. The summed E-state index contributed by atoms with van der Waals surface area (Å²) in [5.74, 6) is 1.31. The van der Waals surface area contributed by atoms with Gasteiger partial charge >= 0.3 is 0 Å². The molecular formula is C23H19BrN4O2. The van der Waals surface area contributed by atoms with Gasteiger partial charge in [0.25, 0.3) is 5.91 Å². The van der Waals surface area contributed by atoms with Gasteiger partial charge in [-0.25, -0.2) is 4.98 Å². The summed E-state index contributed by atoms with van der Waals surface area (Å²) < 4.78 is 8.49. The maximum Gasteiger partial charge on any atom is 0.277 e. The number of anilines is 1. The fraction of sp³-hybridized carbons (Fsp3) is 0.174. The van der Waals surface area contributed by atoms with Crippen molar-refractivity contribution in [2.75, 3.05) is 5.32 Å². The average molecular weight is 463 g/mol. The molecule has 0 fully saturated rings. The van der Waals surface area contributed by atoms with E-state index in [0.29, 0.717) is 11.4 Å². The second kappa shape index (κ2) is 7.91. The molecule has 0 radical (unpaired) electrons. The lowest BCUT2D eigenvalue weighted by atomic mass is 10.1. The van der Waals surface area contributed by atoms with E-state index in [1.54, 1.807) is 6.07 Å². The summed E-state index contributed by atoms with van der Waals surface area (Å²) >= 11 is 3.50. The van der Waals surface area contributed by atoms with Crippen LogP contribution in [0.25, 0.3) is 22.6 Å². The molecule has 0 unspecified atom stereocenters. The summed E-state index contributed by atoms with van der Waals surface area (Å²) in [4.78, 5) is 17.6. The normalized spacial score (nSPS) is 13.1. The Kier molecular flexibility index (Phi) is 4.96. The summed E-state index contributed by atoms with van der Waals surface area (Å²) in [6.45, 7) is 0.994. The van der Waals surface area contributed by atoms with E-state index in [4.69, 9.17) is 9.51 Å². The van der Waals surface area contributed by atoms with Crippen LogP contribution < -0.4 is 5.32 Å². The molecule has 0 aliphatic carbocycles. The maximum atomic E-state index is 12.9. The molecule has 30 heavy (non-hydrogen) atoms. The van der Waals surface area contributed by atoms with Crippen molar-refractivity contribution in [2.45, 2.75) is 25.8 Å². The van der Waals surface area contributed by atoms with Crippen LogP contribution >= 0.6 is 15.9 Å². The number of nitrogens with zero attached hydrogens (tertiary/aromatic N) is 3. The predicted molar refractivity (Wildman–Crippen MR) is 118 cm³/mol. The number of para-hydroxylation sites is 1. The highest BCUT2D eigenvalue weighted by atomic mass is 79.9. The zero-order chi connectivity index (χ0) is 20.5. The fourth-order valence-electron chi connectivity index (χ4n) is 3.71. The average Bonchev–Trinajstić information content (AvgIpc) is 3.42. The van der Waals surface area contributed by atoms with Gasteiger partial charge in [-0.05, 0) is 31.0 Å². The maximum absolute atomic E-state index is 12.9. The van der Waals surface area contributed by atoms with Crippen LogP contribution in [0.2, 0.25) is 0 Å². The Morgan fingerprint density at radius 2 is 1.87 bits per heavy atom. The number of aryl methyl sites for hydroxylation is 2. The Morgan fingerprint density at radius 1 is 1.07 bits per heavy atom. The monoisotopic (exact) mass is 462 g/mol. The predicted octanol–water partition coefficient (Wildman–Crippen LogP) is 5.56. The molecule has 1 aliphatic rings. The van der Waals surface area contributed by atoms with Crippen molar-refractivity contribution in [1.29, 1.82) is 0 Å². The SMILES string of the molecule is O=C(Nc1ccccc1-c1cn2c(n1)CCCC2)c1cc(-c2ccccc2Br)on1. The van der Waals surface area contributed by atoms with Gasteiger partial charge in [-0.2, -0.15) is 0 Å². The smallest absolute Gasteiger partial charge is 0.277 e. The molecule has 1 N–H and O–H groups in total. The zero-order valence-corrected chi connectivity index (χ0v) is 17.7. The third kappa shape index (κ3) is 3.57. The van der Waals surface area contributed by atoms with Crippen LogP contribution in [0.3, 0.4) is 0 Å². The van der Waals surface area contributed by atoms with E-state index >= 15 is 0 Å². The van der Waals surface area contributed by atoms with Crippen molar-refractivity contribution in [3.8, 4) is 22.6 Å². The summed E-state index contributed by atoms with van der Waals surface area (Å²) in [5.41, 5.74) is 3.52. The molecule has 0 spiro atoms. The number of hydrogen-bond acceptors (Lipinski definition) is 4. The summed E-state index contributed by atoms with van der Waals surface area (Å²) in [6.07, 6.45) is 5.40. The van der Waals surface area contributed by atoms with Crippen molar-refractivity contribution in [1.82, 2.24) is 14.7 Å². The van der Waals surface area contributed by atoms with Crippen LogP contribution in [-0.2, 0) is 13.0 Å². The molecule has 7 heteroatoms. The number of rotatable bonds is 4. The molecule has 1 amide bonds. The Hall–Kier alpha value is -3.19. The first kappa shape index (κ1) is 18.8. The molecule has 0 bridgehead atoms. The molecule has 6 nitrogen and oxygen atoms in total. The van der Waals surface area contributed by atoms with Gasteiger partial charge in [-0.3, -0.25) is 4.79 Å². The Labute approximate surface area is 182 Å². The van der Waals surface area contributed by atoms with Crippen LogP contribution in [0.4, 0.5) is 5.69 Å². The van der Waals surface area contributed by atoms with E-state index in [1.165, 1.54) is 12.8 Å². The van der Waals surface area contributed by atoms with Crippen molar-refractivity contribution in [3.63, 3.8) is 0 Å². The molecule has 1 aliphatic heterocycles. The van der Waals surface area contributed by atoms with Crippen LogP contribution in [0.1, 0.15) is 29.2 Å². The molecule has 2 aromatic heterocycles. The van der Waals surface area contributed by atoms with Gasteiger partial charge < -0.3 is 14.4 Å². The van der Waals surface area contributed by atoms with E-state index in [9.17, 15) is 4.79 Å². The minimum absolute atomic E-state index is 0.222. The second-order valence-corrected chi connectivity index (χ2v) is 8.10. The van der Waals surface area contributed by atoms with E-state index in [0.717, 1.165) is 40.1 Å². The van der Waals surface area contributed by atoms with E-state index < -0.39 is 0 Å². The number of nitrogens with one attached hydrogen (secondary N) is 1. The van der Waals surface area contributed by atoms with Gasteiger partial charge in [0.05, 0.1) is 11.4 Å². The first-order valence-electron chi connectivity index (χ1n) is 9.87. The van der Waals surface area contributed by atoms with E-state index in [2.05, 4.69) is 37.2 Å². The second-order valence-electron chi connectivity index (χ2n) is 7.25. The van der Waals surface area contributed by atoms with Gasteiger partial charge in [0.1, 0.15) is 5.82 Å². The molecule has 0 saturated heterocycles. The molecule has 5 rings (SSSR count). The van der Waals surface area contributed by atoms with Crippen molar-refractivity contribution >= 4 is 27.5 Å². The third-order valence-corrected chi connectivity index (χ3v) is 5.93. The van der Waals surface area contributed by atoms with Gasteiger partial charge in [0, 0.05) is 40.8 Å². The summed E-state index contributed by atoms with van der Waals surface area (Å²) in [5, 5.41) is 6.92. The lowest BCUT2D eigenvalue weighted by Crippen LogP contribution is -2.12. The molecular weight excluding hydrogens is 444 g/mol. The highest BCUT2D eigenvalue weighted by molar-refractivity contribution is 9.10. The third-order valence-electron chi connectivity index (χ3n) is 5.24. The molecule has 2 aromatic carbocycles. The number of aromatic nitrogens is 3. The highest BCUT2D eigenvalue weighted by Crippen LogP contribution is 2.31. The molecule has 150 valence electrons. The zero-order valence-electron chi connectivity index (χ0n) is 16.1. The largest absolute Gasteiger partial charge is 0.355 e. The first-order chi connectivity index (χ1) is 14.7. The Balaban J connectivity index is 1.41. The van der Waals surface area contributed by atoms with Crippen molar-refractivity contribution in [2.24, 2.45) is 0 Å². The standard InChI is InChI=1S/C23H19BrN4O2/c24-17-9-3-1-7-15(17)21-13-19(27-30-21)23(29)26-18-10-4-2-8-16(18)20-14-28-12-6-5-11-22(28)25-20/h1-4,7-10,13-14H,5-6,11-12H2,(H,26,29). The van der Waals surface area contributed by atoms with Crippen LogP contribution in [0.5, 0.6) is 0 Å². The summed E-state index contributed by atoms with van der Waals surface area (Å²) in [6, 6.07) is 17.0. The summed E-state index contributed by atoms with van der Waals surface area (Å²) in [7, 11) is 0. The first-order valence-corrected chi connectivity index (χ1v) is 10.7. The number of carbonyl (C=O) groups is 1. The van der Waals surface area contributed by atoms with Crippen LogP contribution in [-0.4, -0.2) is 20.6 Å². The van der Waals surface area contributed by atoms with E-state index in [1.807, 2.05) is 48.5 Å². The number of halogens is 1. The van der Waals surface area contributed by atoms with Gasteiger partial charge in [0.2, 0.25) is 0 Å². The number of imidazole rings is 1. The Bertz CT molecular complexity index is 1200. The molecule has 4 aromatic rings. The van der Waals surface area contributed by atoms with Crippen molar-refractivity contribution < 1.29 is 9.32 Å². The number of hydrogen-bond donors (Lipinski definition) is 1. The quantitative estimate of drug-likeness (QED) is 0.430. The van der Waals surface area contributed by atoms with Gasteiger partial charge in [-0.1, -0.05) is 51.4 Å². The Morgan fingerprint density at radius 3 is 2.70 bits per heavy atom. The minimum Gasteiger partial charge on any atom is -0.355 e. The number of amides is 1. The lowest BCUT2D eigenvalue weighted by molar-refractivity contribution is 0.101. The van der Waals surface area contributed by atoms with Gasteiger partial charge in [-0.15, -0.1) is 0 Å². The topological polar surface area (TPSA) is 73.0 Å². The van der Waals surface area contributed by atoms with E-state index in [-0.39, 0.29) is 11.6 Å². The molecule has 0 saturated carbocycles. The number of carbonyl (C=O) groups excluding carboxylic acids is 1. The van der Waals surface area contributed by atoms with Gasteiger partial charge in [0.15, 0.2) is 11.5 Å². The van der Waals surface area contributed by atoms with Crippen molar-refractivity contribution in [3.05, 3.63) is 76.8 Å². The molecule has 3 heterocycles. The lowest BCUT2D eigenvalue weighted by Gasteiger charge is -2.11. The molecule has 0 atom stereocenters. The number of benzene rings is 2. The van der Waals surface area contributed by atoms with Crippen LogP contribution in [0.15, 0.2) is 69.8 Å². The fourth-order valence-corrected chi connectivity index (χ4v) is 4.19. The van der Waals surface area contributed by atoms with Crippen LogP contribution in [0, 0.1) is 0 Å².